The quantitative estimate of drug-likeness (QED) is 0.781. The van der Waals surface area contributed by atoms with Gasteiger partial charge in [-0.1, -0.05) is 24.3 Å². The Bertz CT molecular complexity index is 870. The minimum absolute atomic E-state index is 0. The zero-order valence-electron chi connectivity index (χ0n) is 16.5. The molecule has 1 unspecified atom stereocenters. The van der Waals surface area contributed by atoms with Crippen LogP contribution in [0.3, 0.4) is 0 Å². The monoisotopic (exact) mass is 418 g/mol. The van der Waals surface area contributed by atoms with Gasteiger partial charge in [-0.2, -0.15) is 0 Å². The van der Waals surface area contributed by atoms with Gasteiger partial charge >= 0.3 is 6.03 Å². The summed E-state index contributed by atoms with van der Waals surface area (Å²) >= 11 is 0. The summed E-state index contributed by atoms with van der Waals surface area (Å²) in [5.41, 5.74) is 2.47. The fraction of sp³-hybridized carbons (Fsp3) is 0.450. The molecular formula is C20H27ClN6O2. The number of fused-ring (bicyclic) bond motifs is 1. The van der Waals surface area contributed by atoms with Crippen LogP contribution in [0.15, 0.2) is 36.7 Å². The van der Waals surface area contributed by atoms with Crippen LogP contribution in [0.4, 0.5) is 4.79 Å². The van der Waals surface area contributed by atoms with E-state index in [1.54, 1.807) is 11.1 Å². The maximum absolute atomic E-state index is 12.8. The molecule has 0 radical (unpaired) electrons. The number of piperazine rings is 1. The van der Waals surface area contributed by atoms with Crippen molar-refractivity contribution >= 4 is 24.3 Å². The zero-order valence-corrected chi connectivity index (χ0v) is 17.3. The summed E-state index contributed by atoms with van der Waals surface area (Å²) < 4.78 is 1.93. The molecule has 1 atom stereocenters. The number of nitrogens with zero attached hydrogens (tertiary/aromatic N) is 4. The third kappa shape index (κ3) is 4.54. The first kappa shape index (κ1) is 21.1. The molecule has 1 saturated heterocycles. The number of carbonyl (C=O) groups excluding carboxylic acids is 2. The average Bonchev–Trinajstić information content (AvgIpc) is 3.17. The van der Waals surface area contributed by atoms with E-state index in [1.165, 1.54) is 11.1 Å². The molecule has 8 nitrogen and oxygen atoms in total. The van der Waals surface area contributed by atoms with E-state index >= 15 is 0 Å². The van der Waals surface area contributed by atoms with E-state index in [4.69, 9.17) is 0 Å². The minimum Gasteiger partial charge on any atom is -0.336 e. The second-order valence-electron chi connectivity index (χ2n) is 7.30. The lowest BCUT2D eigenvalue weighted by atomic mass is 10.0. The van der Waals surface area contributed by atoms with E-state index < -0.39 is 0 Å². The summed E-state index contributed by atoms with van der Waals surface area (Å²) in [4.78, 5) is 33.4. The number of aromatic nitrogens is 2. The molecule has 156 valence electrons. The molecular weight excluding hydrogens is 392 g/mol. The summed E-state index contributed by atoms with van der Waals surface area (Å²) in [6, 6.07) is 7.87. The van der Waals surface area contributed by atoms with Crippen molar-refractivity contribution in [3.63, 3.8) is 0 Å². The highest BCUT2D eigenvalue weighted by Gasteiger charge is 2.30. The normalized spacial score (nSPS) is 18.6. The van der Waals surface area contributed by atoms with Crippen molar-refractivity contribution in [1.82, 2.24) is 30.0 Å². The highest BCUT2D eigenvalue weighted by Crippen LogP contribution is 2.21. The van der Waals surface area contributed by atoms with E-state index in [9.17, 15) is 9.59 Å². The number of amides is 3. The Labute approximate surface area is 176 Å². The third-order valence-electron chi connectivity index (χ3n) is 5.53. The molecule has 0 saturated carbocycles. The van der Waals surface area contributed by atoms with Crippen molar-refractivity contribution in [3.8, 4) is 0 Å². The van der Waals surface area contributed by atoms with Crippen molar-refractivity contribution in [2.75, 3.05) is 32.7 Å². The molecule has 1 aromatic carbocycles. The lowest BCUT2D eigenvalue weighted by Crippen LogP contribution is -2.53. The van der Waals surface area contributed by atoms with Crippen molar-refractivity contribution in [1.29, 1.82) is 0 Å². The summed E-state index contributed by atoms with van der Waals surface area (Å²) in [5, 5.41) is 6.13. The van der Waals surface area contributed by atoms with Gasteiger partial charge in [0.1, 0.15) is 11.9 Å². The number of benzene rings is 1. The van der Waals surface area contributed by atoms with Gasteiger partial charge in [-0.3, -0.25) is 4.79 Å². The second kappa shape index (κ2) is 9.28. The van der Waals surface area contributed by atoms with Crippen LogP contribution < -0.4 is 10.6 Å². The Kier molecular flexibility index (Phi) is 6.76. The highest BCUT2D eigenvalue weighted by atomic mass is 35.5. The van der Waals surface area contributed by atoms with Gasteiger partial charge < -0.3 is 25.0 Å². The molecule has 2 N–H and O–H groups in total. The number of hydrogen-bond acceptors (Lipinski definition) is 4. The van der Waals surface area contributed by atoms with E-state index in [0.717, 1.165) is 18.8 Å². The molecule has 3 amide bonds. The van der Waals surface area contributed by atoms with Gasteiger partial charge in [0, 0.05) is 52.2 Å². The number of nitrogens with one attached hydrogen (secondary N) is 2. The summed E-state index contributed by atoms with van der Waals surface area (Å²) in [5.74, 6) is 0.764. The molecule has 1 aromatic heterocycles. The van der Waals surface area contributed by atoms with Crippen LogP contribution in [0.1, 0.15) is 23.0 Å². The SMILES string of the molecule is Cl.Cn1ccnc1C1CNCCN1C(=O)CNC(=O)N1CCc2ccccc2C1. The Balaban J connectivity index is 0.00000240. The molecule has 0 bridgehead atoms. The number of urea groups is 1. The fourth-order valence-electron chi connectivity index (χ4n) is 3.97. The highest BCUT2D eigenvalue weighted by molar-refractivity contribution is 5.85. The van der Waals surface area contributed by atoms with Crippen molar-refractivity contribution < 1.29 is 9.59 Å². The Morgan fingerprint density at radius 1 is 1.24 bits per heavy atom. The number of imidazole rings is 1. The smallest absolute Gasteiger partial charge is 0.318 e. The van der Waals surface area contributed by atoms with E-state index in [0.29, 0.717) is 26.2 Å². The minimum atomic E-state index is -0.188. The molecule has 0 aliphatic carbocycles. The first-order chi connectivity index (χ1) is 13.6. The maximum atomic E-state index is 12.8. The van der Waals surface area contributed by atoms with Crippen LogP contribution in [0.25, 0.3) is 0 Å². The average molecular weight is 419 g/mol. The molecule has 2 aliphatic heterocycles. The van der Waals surface area contributed by atoms with Crippen molar-refractivity contribution in [2.45, 2.75) is 19.0 Å². The van der Waals surface area contributed by atoms with Crippen molar-refractivity contribution in [2.24, 2.45) is 7.05 Å². The van der Waals surface area contributed by atoms with Crippen molar-refractivity contribution in [3.05, 3.63) is 53.6 Å². The molecule has 9 heteroatoms. The molecule has 29 heavy (non-hydrogen) atoms. The van der Waals surface area contributed by atoms with Crippen LogP contribution in [0.2, 0.25) is 0 Å². The Hall–Kier alpha value is -2.58. The Morgan fingerprint density at radius 2 is 2.03 bits per heavy atom. The lowest BCUT2D eigenvalue weighted by molar-refractivity contribution is -0.133. The first-order valence-electron chi connectivity index (χ1n) is 9.70. The van der Waals surface area contributed by atoms with Gasteiger partial charge in [-0.05, 0) is 17.5 Å². The number of halogens is 1. The lowest BCUT2D eigenvalue weighted by Gasteiger charge is -2.36. The summed E-state index contributed by atoms with van der Waals surface area (Å²) in [6.45, 7) is 3.25. The zero-order chi connectivity index (χ0) is 19.5. The number of aryl methyl sites for hydroxylation is 1. The molecule has 2 aromatic rings. The van der Waals surface area contributed by atoms with Crippen LogP contribution >= 0.6 is 12.4 Å². The number of carbonyl (C=O) groups is 2. The second-order valence-corrected chi connectivity index (χ2v) is 7.30. The summed E-state index contributed by atoms with van der Waals surface area (Å²) in [7, 11) is 1.93. The molecule has 2 aliphatic rings. The van der Waals surface area contributed by atoms with Gasteiger partial charge in [0.05, 0.1) is 6.54 Å². The topological polar surface area (TPSA) is 82.5 Å². The van der Waals surface area contributed by atoms with Crippen LogP contribution in [-0.2, 0) is 24.8 Å². The maximum Gasteiger partial charge on any atom is 0.318 e. The predicted molar refractivity (Wildman–Crippen MR) is 112 cm³/mol. The number of hydrogen-bond donors (Lipinski definition) is 2. The molecule has 1 fully saturated rings. The fourth-order valence-corrected chi connectivity index (χ4v) is 3.97. The third-order valence-corrected chi connectivity index (χ3v) is 5.53. The standard InChI is InChI=1S/C20H26N6O2.ClH/c1-24-10-8-22-19(24)17-12-21-7-11-26(17)18(27)13-23-20(28)25-9-6-15-4-2-3-5-16(15)14-25;/h2-5,8,10,17,21H,6-7,9,11-14H2,1H3,(H,23,28);1H. The van der Waals surface area contributed by atoms with E-state index in [-0.39, 0.29) is 36.9 Å². The van der Waals surface area contributed by atoms with Gasteiger partial charge in [0.2, 0.25) is 5.91 Å². The molecule has 3 heterocycles. The largest absolute Gasteiger partial charge is 0.336 e. The van der Waals surface area contributed by atoms with E-state index in [2.05, 4.69) is 27.8 Å². The molecule has 4 rings (SSSR count). The molecule has 0 spiro atoms. The van der Waals surface area contributed by atoms with Gasteiger partial charge in [-0.25, -0.2) is 9.78 Å². The predicted octanol–water partition coefficient (Wildman–Crippen LogP) is 1.08. The Morgan fingerprint density at radius 3 is 2.79 bits per heavy atom. The van der Waals surface area contributed by atoms with Crippen LogP contribution in [0.5, 0.6) is 0 Å². The number of rotatable bonds is 3. The van der Waals surface area contributed by atoms with Gasteiger partial charge in [0.15, 0.2) is 0 Å². The van der Waals surface area contributed by atoms with Crippen LogP contribution in [-0.4, -0.2) is 64.0 Å². The van der Waals surface area contributed by atoms with Crippen LogP contribution in [0, 0.1) is 0 Å². The van der Waals surface area contributed by atoms with E-state index in [1.807, 2.05) is 34.8 Å². The summed E-state index contributed by atoms with van der Waals surface area (Å²) in [6.07, 6.45) is 4.46. The van der Waals surface area contributed by atoms with Gasteiger partial charge in [-0.15, -0.1) is 12.4 Å². The van der Waals surface area contributed by atoms with Gasteiger partial charge in [0.25, 0.3) is 0 Å². The first-order valence-corrected chi connectivity index (χ1v) is 9.70.